The van der Waals surface area contributed by atoms with Crippen LogP contribution in [0.5, 0.6) is 0 Å². The zero-order chi connectivity index (χ0) is 18.9. The first-order valence-electron chi connectivity index (χ1n) is 8.24. The van der Waals surface area contributed by atoms with Gasteiger partial charge in [-0.1, -0.05) is 0 Å². The van der Waals surface area contributed by atoms with E-state index in [0.717, 1.165) is 11.3 Å². The van der Waals surface area contributed by atoms with E-state index in [-0.39, 0.29) is 23.9 Å². The number of hydrogen-bond donors (Lipinski definition) is 2. The summed E-state index contributed by atoms with van der Waals surface area (Å²) in [5, 5.41) is 2.72. The summed E-state index contributed by atoms with van der Waals surface area (Å²) in [6.45, 7) is 3.78. The predicted octanol–water partition coefficient (Wildman–Crippen LogP) is 0.723. The molecule has 26 heavy (non-hydrogen) atoms. The quantitative estimate of drug-likeness (QED) is 0.799. The molecule has 1 aromatic carbocycles. The van der Waals surface area contributed by atoms with Gasteiger partial charge in [-0.3, -0.25) is 9.36 Å². The topological polar surface area (TPSA) is 110 Å². The van der Waals surface area contributed by atoms with E-state index in [0.29, 0.717) is 24.2 Å². The second-order valence-electron chi connectivity index (χ2n) is 6.24. The molecule has 9 heteroatoms. The van der Waals surface area contributed by atoms with Crippen molar-refractivity contribution >= 4 is 21.6 Å². The van der Waals surface area contributed by atoms with Crippen LogP contribution in [0.3, 0.4) is 0 Å². The summed E-state index contributed by atoms with van der Waals surface area (Å²) in [4.78, 5) is 27.3. The number of aromatic nitrogens is 2. The fourth-order valence-corrected chi connectivity index (χ4v) is 4.02. The minimum absolute atomic E-state index is 0.0706. The van der Waals surface area contributed by atoms with Gasteiger partial charge in [0.25, 0.3) is 0 Å². The summed E-state index contributed by atoms with van der Waals surface area (Å²) < 4.78 is 28.9. The molecule has 0 bridgehead atoms. The number of benzene rings is 1. The summed E-state index contributed by atoms with van der Waals surface area (Å²) in [5.74, 6) is -0.0706. The standard InChI is InChI=1S/C17H20N4O4S/c1-11-9-12(2)21(17(23)19-11)8-7-18-26(24,25)14-4-5-15-13(10-14)3-6-16(22)20-15/h4-5,9-10,18H,3,6-8H2,1-2H3,(H,20,22). The molecule has 0 saturated carbocycles. The molecule has 2 N–H and O–H groups in total. The van der Waals surface area contributed by atoms with Crippen molar-refractivity contribution in [3.8, 4) is 0 Å². The molecule has 0 atom stereocenters. The van der Waals surface area contributed by atoms with Crippen molar-refractivity contribution in [1.29, 1.82) is 0 Å². The molecule has 0 fully saturated rings. The summed E-state index contributed by atoms with van der Waals surface area (Å²) in [6.07, 6.45) is 0.848. The third-order valence-electron chi connectivity index (χ3n) is 4.26. The van der Waals surface area contributed by atoms with E-state index in [4.69, 9.17) is 0 Å². The Labute approximate surface area is 151 Å². The van der Waals surface area contributed by atoms with Crippen LogP contribution >= 0.6 is 0 Å². The largest absolute Gasteiger partial charge is 0.348 e. The lowest BCUT2D eigenvalue weighted by Crippen LogP contribution is -2.33. The second-order valence-corrected chi connectivity index (χ2v) is 8.00. The van der Waals surface area contributed by atoms with E-state index < -0.39 is 15.7 Å². The number of rotatable bonds is 5. The average Bonchev–Trinajstić information content (AvgIpc) is 2.56. The summed E-state index contributed by atoms with van der Waals surface area (Å²) >= 11 is 0. The Kier molecular flexibility index (Phi) is 4.92. The first kappa shape index (κ1) is 18.3. The summed E-state index contributed by atoms with van der Waals surface area (Å²) in [6, 6.07) is 6.40. The van der Waals surface area contributed by atoms with Crippen molar-refractivity contribution in [2.45, 2.75) is 38.1 Å². The Balaban J connectivity index is 1.72. The number of anilines is 1. The van der Waals surface area contributed by atoms with Gasteiger partial charge in [0.2, 0.25) is 15.9 Å². The van der Waals surface area contributed by atoms with E-state index in [1.807, 2.05) is 0 Å². The SMILES string of the molecule is Cc1cc(C)n(CCNS(=O)(=O)c2ccc3c(c2)CCC(=O)N3)c(=O)n1. The lowest BCUT2D eigenvalue weighted by atomic mass is 10.0. The highest BCUT2D eigenvalue weighted by molar-refractivity contribution is 7.89. The van der Waals surface area contributed by atoms with Gasteiger partial charge < -0.3 is 5.32 Å². The van der Waals surface area contributed by atoms with Crippen LogP contribution in [0, 0.1) is 13.8 Å². The molecule has 2 heterocycles. The van der Waals surface area contributed by atoms with Crippen LogP contribution in [0.1, 0.15) is 23.4 Å². The summed E-state index contributed by atoms with van der Waals surface area (Å²) in [5.41, 5.74) is 2.40. The number of nitrogens with zero attached hydrogens (tertiary/aromatic N) is 2. The van der Waals surface area contributed by atoms with Crippen LogP contribution in [0.25, 0.3) is 0 Å². The molecule has 1 amide bonds. The number of nitrogens with one attached hydrogen (secondary N) is 2. The molecule has 138 valence electrons. The molecule has 1 aliphatic heterocycles. The minimum Gasteiger partial charge on any atom is -0.326 e. The molecular formula is C17H20N4O4S. The van der Waals surface area contributed by atoms with Crippen molar-refractivity contribution in [2.24, 2.45) is 0 Å². The van der Waals surface area contributed by atoms with Crippen LogP contribution in [0.2, 0.25) is 0 Å². The third kappa shape index (κ3) is 3.83. The van der Waals surface area contributed by atoms with Crippen LogP contribution < -0.4 is 15.7 Å². The molecule has 0 spiro atoms. The molecule has 1 aliphatic rings. The number of fused-ring (bicyclic) bond motifs is 1. The maximum atomic E-state index is 12.5. The monoisotopic (exact) mass is 376 g/mol. The predicted molar refractivity (Wildman–Crippen MR) is 96.6 cm³/mol. The highest BCUT2D eigenvalue weighted by atomic mass is 32.2. The Morgan fingerprint density at radius 2 is 1.96 bits per heavy atom. The Hall–Kier alpha value is -2.52. The molecule has 0 radical (unpaired) electrons. The Morgan fingerprint density at radius 3 is 2.69 bits per heavy atom. The van der Waals surface area contributed by atoms with Gasteiger partial charge in [0.15, 0.2) is 0 Å². The number of carbonyl (C=O) groups is 1. The molecule has 0 saturated heterocycles. The zero-order valence-electron chi connectivity index (χ0n) is 14.6. The third-order valence-corrected chi connectivity index (χ3v) is 5.72. The van der Waals surface area contributed by atoms with Crippen LogP contribution in [0.15, 0.2) is 34.0 Å². The molecule has 1 aromatic heterocycles. The Morgan fingerprint density at radius 1 is 1.19 bits per heavy atom. The number of amides is 1. The molecule has 0 aliphatic carbocycles. The first-order chi connectivity index (χ1) is 12.3. The normalized spacial score (nSPS) is 14.0. The number of aryl methyl sites for hydroxylation is 3. The summed E-state index contributed by atoms with van der Waals surface area (Å²) in [7, 11) is -3.71. The van der Waals surface area contributed by atoms with E-state index in [9.17, 15) is 18.0 Å². The zero-order valence-corrected chi connectivity index (χ0v) is 15.4. The number of hydrogen-bond acceptors (Lipinski definition) is 5. The highest BCUT2D eigenvalue weighted by Gasteiger charge is 2.19. The van der Waals surface area contributed by atoms with Gasteiger partial charge in [-0.05, 0) is 50.1 Å². The first-order valence-corrected chi connectivity index (χ1v) is 9.72. The highest BCUT2D eigenvalue weighted by Crippen LogP contribution is 2.25. The van der Waals surface area contributed by atoms with Gasteiger partial charge >= 0.3 is 5.69 Å². The lowest BCUT2D eigenvalue weighted by molar-refractivity contribution is -0.116. The number of carbonyl (C=O) groups excluding carboxylic acids is 1. The number of sulfonamides is 1. The van der Waals surface area contributed by atoms with Crippen molar-refractivity contribution in [3.63, 3.8) is 0 Å². The van der Waals surface area contributed by atoms with Gasteiger partial charge in [-0.15, -0.1) is 0 Å². The van der Waals surface area contributed by atoms with E-state index >= 15 is 0 Å². The van der Waals surface area contributed by atoms with Crippen LogP contribution in [-0.4, -0.2) is 30.4 Å². The second kappa shape index (κ2) is 7.00. The lowest BCUT2D eigenvalue weighted by Gasteiger charge is -2.18. The van der Waals surface area contributed by atoms with Gasteiger partial charge in [-0.25, -0.2) is 17.9 Å². The van der Waals surface area contributed by atoms with Crippen molar-refractivity contribution in [3.05, 3.63) is 51.7 Å². The molecule has 8 nitrogen and oxygen atoms in total. The van der Waals surface area contributed by atoms with Crippen LogP contribution in [-0.2, 0) is 27.8 Å². The minimum atomic E-state index is -3.71. The van der Waals surface area contributed by atoms with Crippen molar-refractivity contribution < 1.29 is 13.2 Å². The fourth-order valence-electron chi connectivity index (χ4n) is 2.95. The van der Waals surface area contributed by atoms with E-state index in [1.54, 1.807) is 32.0 Å². The fraction of sp³-hybridized carbons (Fsp3) is 0.353. The molecule has 3 rings (SSSR count). The smallest absolute Gasteiger partial charge is 0.326 e. The molecule has 0 unspecified atom stereocenters. The maximum absolute atomic E-state index is 12.5. The molecular weight excluding hydrogens is 356 g/mol. The van der Waals surface area contributed by atoms with Gasteiger partial charge in [0, 0.05) is 36.6 Å². The Bertz CT molecular complexity index is 1030. The maximum Gasteiger partial charge on any atom is 0.348 e. The van der Waals surface area contributed by atoms with Gasteiger partial charge in [0.05, 0.1) is 4.90 Å². The van der Waals surface area contributed by atoms with E-state index in [1.165, 1.54) is 10.6 Å². The van der Waals surface area contributed by atoms with Crippen molar-refractivity contribution in [1.82, 2.24) is 14.3 Å². The van der Waals surface area contributed by atoms with Crippen LogP contribution in [0.4, 0.5) is 5.69 Å². The van der Waals surface area contributed by atoms with E-state index in [2.05, 4.69) is 15.0 Å². The van der Waals surface area contributed by atoms with Gasteiger partial charge in [-0.2, -0.15) is 4.98 Å². The molecule has 2 aromatic rings. The van der Waals surface area contributed by atoms with Gasteiger partial charge in [0.1, 0.15) is 0 Å². The van der Waals surface area contributed by atoms with Crippen molar-refractivity contribution in [2.75, 3.05) is 11.9 Å². The average molecular weight is 376 g/mol.